The van der Waals surface area contributed by atoms with E-state index >= 15 is 0 Å². The van der Waals surface area contributed by atoms with Gasteiger partial charge in [-0.3, -0.25) is 0 Å². The molecular formula is C16H13Cl3O. The predicted octanol–water partition coefficient (Wildman–Crippen LogP) is 5.56. The Balaban J connectivity index is 2.06. The maximum absolute atomic E-state index is 6.61. The lowest BCUT2D eigenvalue weighted by Gasteiger charge is -2.15. The summed E-state index contributed by atoms with van der Waals surface area (Å²) in [7, 11) is 0. The molecule has 1 nitrogen and oxygen atoms in total. The van der Waals surface area contributed by atoms with Crippen molar-refractivity contribution in [1.82, 2.24) is 0 Å². The molecule has 0 spiro atoms. The molecule has 20 heavy (non-hydrogen) atoms. The zero-order chi connectivity index (χ0) is 14.3. The van der Waals surface area contributed by atoms with E-state index in [4.69, 9.17) is 39.5 Å². The first-order valence-corrected chi connectivity index (χ1v) is 7.60. The van der Waals surface area contributed by atoms with E-state index in [1.54, 1.807) is 0 Å². The number of aryl methyl sites for hydroxylation is 1. The SMILES string of the molecule is Cc1ccc(C(Cl)c2cc(Cl)cc3c2OCC3)cc1Cl. The highest BCUT2D eigenvalue weighted by molar-refractivity contribution is 6.32. The van der Waals surface area contributed by atoms with Gasteiger partial charge in [0.25, 0.3) is 0 Å². The Hall–Kier alpha value is -0.890. The van der Waals surface area contributed by atoms with Crippen molar-refractivity contribution >= 4 is 34.8 Å². The van der Waals surface area contributed by atoms with Crippen molar-refractivity contribution in [3.8, 4) is 5.75 Å². The zero-order valence-corrected chi connectivity index (χ0v) is 13.2. The first kappa shape index (κ1) is 14.1. The zero-order valence-electron chi connectivity index (χ0n) is 10.9. The Morgan fingerprint density at radius 3 is 2.70 bits per heavy atom. The van der Waals surface area contributed by atoms with Crippen molar-refractivity contribution in [2.24, 2.45) is 0 Å². The summed E-state index contributed by atoms with van der Waals surface area (Å²) in [6.45, 7) is 2.65. The highest BCUT2D eigenvalue weighted by Crippen LogP contribution is 2.42. The molecule has 2 aromatic rings. The molecule has 104 valence electrons. The van der Waals surface area contributed by atoms with Crippen LogP contribution in [-0.2, 0) is 6.42 Å². The van der Waals surface area contributed by atoms with Crippen molar-refractivity contribution in [2.45, 2.75) is 18.7 Å². The molecule has 0 saturated heterocycles. The summed E-state index contributed by atoms with van der Waals surface area (Å²) in [5.41, 5.74) is 4.01. The van der Waals surface area contributed by atoms with Crippen molar-refractivity contribution in [2.75, 3.05) is 6.61 Å². The van der Waals surface area contributed by atoms with Gasteiger partial charge in [-0.15, -0.1) is 11.6 Å². The molecule has 0 N–H and O–H groups in total. The highest BCUT2D eigenvalue weighted by atomic mass is 35.5. The van der Waals surface area contributed by atoms with Crippen LogP contribution in [0, 0.1) is 6.92 Å². The average Bonchev–Trinajstić information content (AvgIpc) is 2.88. The molecule has 2 aromatic carbocycles. The van der Waals surface area contributed by atoms with Gasteiger partial charge in [0.2, 0.25) is 0 Å². The van der Waals surface area contributed by atoms with Crippen LogP contribution in [0.1, 0.15) is 27.6 Å². The summed E-state index contributed by atoms with van der Waals surface area (Å²) >= 11 is 19.0. The van der Waals surface area contributed by atoms with Crippen LogP contribution in [0.5, 0.6) is 5.75 Å². The molecule has 0 amide bonds. The van der Waals surface area contributed by atoms with Gasteiger partial charge in [0.1, 0.15) is 5.75 Å². The minimum Gasteiger partial charge on any atom is -0.493 e. The summed E-state index contributed by atoms with van der Waals surface area (Å²) in [6, 6.07) is 9.67. The standard InChI is InChI=1S/C16H13Cl3O/c1-9-2-3-10(7-14(9)18)15(19)13-8-12(17)6-11-4-5-20-16(11)13/h2-3,6-8,15H,4-5H2,1H3. The Bertz CT molecular complexity index is 667. The molecule has 1 aliphatic rings. The number of rotatable bonds is 2. The van der Waals surface area contributed by atoms with Crippen molar-refractivity contribution in [3.63, 3.8) is 0 Å². The molecule has 1 aliphatic heterocycles. The van der Waals surface area contributed by atoms with E-state index in [2.05, 4.69) is 0 Å². The maximum Gasteiger partial charge on any atom is 0.127 e. The van der Waals surface area contributed by atoms with Gasteiger partial charge < -0.3 is 4.74 Å². The van der Waals surface area contributed by atoms with Crippen molar-refractivity contribution in [3.05, 3.63) is 62.6 Å². The van der Waals surface area contributed by atoms with Crippen LogP contribution in [0.3, 0.4) is 0 Å². The van der Waals surface area contributed by atoms with Gasteiger partial charge in [-0.2, -0.15) is 0 Å². The summed E-state index contributed by atoms with van der Waals surface area (Å²) in [5.74, 6) is 0.867. The third-order valence-electron chi connectivity index (χ3n) is 3.54. The van der Waals surface area contributed by atoms with Crippen LogP contribution >= 0.6 is 34.8 Å². The van der Waals surface area contributed by atoms with E-state index in [0.717, 1.165) is 34.4 Å². The fraction of sp³-hybridized carbons (Fsp3) is 0.250. The topological polar surface area (TPSA) is 9.23 Å². The number of alkyl halides is 1. The van der Waals surface area contributed by atoms with Gasteiger partial charge in [-0.25, -0.2) is 0 Å². The van der Waals surface area contributed by atoms with E-state index in [0.29, 0.717) is 16.7 Å². The van der Waals surface area contributed by atoms with Crippen LogP contribution in [0.25, 0.3) is 0 Å². The first-order valence-electron chi connectivity index (χ1n) is 6.41. The van der Waals surface area contributed by atoms with Crippen LogP contribution < -0.4 is 4.74 Å². The molecule has 0 saturated carbocycles. The number of ether oxygens (including phenoxy) is 1. The number of hydrogen-bond donors (Lipinski definition) is 0. The third-order valence-corrected chi connectivity index (χ3v) is 4.65. The average molecular weight is 328 g/mol. The smallest absolute Gasteiger partial charge is 0.127 e. The molecular weight excluding hydrogens is 315 g/mol. The van der Waals surface area contributed by atoms with Crippen LogP contribution in [0.4, 0.5) is 0 Å². The van der Waals surface area contributed by atoms with Crippen LogP contribution in [0.2, 0.25) is 10.0 Å². The lowest BCUT2D eigenvalue weighted by molar-refractivity contribution is 0.353. The first-order chi connectivity index (χ1) is 9.56. The molecule has 1 atom stereocenters. The fourth-order valence-corrected chi connectivity index (χ4v) is 3.17. The summed E-state index contributed by atoms with van der Waals surface area (Å²) in [4.78, 5) is 0. The Kier molecular flexibility index (Phi) is 3.85. The molecule has 0 aliphatic carbocycles. The van der Waals surface area contributed by atoms with E-state index in [-0.39, 0.29) is 5.38 Å². The Morgan fingerprint density at radius 2 is 1.95 bits per heavy atom. The van der Waals surface area contributed by atoms with Gasteiger partial charge >= 0.3 is 0 Å². The summed E-state index contributed by atoms with van der Waals surface area (Å²) in [6.07, 6.45) is 0.876. The normalized spacial score (nSPS) is 14.8. The van der Waals surface area contributed by atoms with Crippen LogP contribution in [-0.4, -0.2) is 6.61 Å². The van der Waals surface area contributed by atoms with Crippen molar-refractivity contribution < 1.29 is 4.74 Å². The molecule has 4 heteroatoms. The Morgan fingerprint density at radius 1 is 1.15 bits per heavy atom. The summed E-state index contributed by atoms with van der Waals surface area (Å²) in [5, 5.41) is 1.08. The maximum atomic E-state index is 6.61. The van der Waals surface area contributed by atoms with E-state index < -0.39 is 0 Å². The minimum atomic E-state index is -0.321. The molecule has 0 aromatic heterocycles. The lowest BCUT2D eigenvalue weighted by atomic mass is 10.00. The molecule has 1 heterocycles. The Labute approximate surface area is 133 Å². The quantitative estimate of drug-likeness (QED) is 0.656. The van der Waals surface area contributed by atoms with E-state index in [1.165, 1.54) is 0 Å². The van der Waals surface area contributed by atoms with E-state index in [9.17, 15) is 0 Å². The van der Waals surface area contributed by atoms with Gasteiger partial charge in [0.15, 0.2) is 0 Å². The predicted molar refractivity (Wildman–Crippen MR) is 84.5 cm³/mol. The monoisotopic (exact) mass is 326 g/mol. The third kappa shape index (κ3) is 2.50. The second-order valence-corrected chi connectivity index (χ2v) is 6.23. The largest absolute Gasteiger partial charge is 0.493 e. The number of fused-ring (bicyclic) bond motifs is 1. The summed E-state index contributed by atoms with van der Waals surface area (Å²) < 4.78 is 5.71. The molecule has 0 fully saturated rings. The number of benzene rings is 2. The molecule has 0 bridgehead atoms. The lowest BCUT2D eigenvalue weighted by Crippen LogP contribution is -1.98. The van der Waals surface area contributed by atoms with Crippen molar-refractivity contribution in [1.29, 1.82) is 0 Å². The fourth-order valence-electron chi connectivity index (χ4n) is 2.43. The second kappa shape index (κ2) is 5.48. The molecule has 3 rings (SSSR count). The van der Waals surface area contributed by atoms with Gasteiger partial charge in [0, 0.05) is 22.0 Å². The van der Waals surface area contributed by atoms with Gasteiger partial charge in [-0.1, -0.05) is 35.3 Å². The number of hydrogen-bond acceptors (Lipinski definition) is 1. The second-order valence-electron chi connectivity index (χ2n) is 4.95. The highest BCUT2D eigenvalue weighted by Gasteiger charge is 2.23. The van der Waals surface area contributed by atoms with E-state index in [1.807, 2.05) is 37.3 Å². The minimum absolute atomic E-state index is 0.321. The van der Waals surface area contributed by atoms with Gasteiger partial charge in [0.05, 0.1) is 12.0 Å². The molecule has 0 radical (unpaired) electrons. The van der Waals surface area contributed by atoms with Gasteiger partial charge in [-0.05, 0) is 41.8 Å². The number of halogens is 3. The van der Waals surface area contributed by atoms with Crippen LogP contribution in [0.15, 0.2) is 30.3 Å². The molecule has 1 unspecified atom stereocenters.